The molecular weight excluding hydrogens is 267 g/mol. The van der Waals surface area contributed by atoms with E-state index in [0.717, 1.165) is 32.2 Å². The Morgan fingerprint density at radius 1 is 1.15 bits per heavy atom. The highest BCUT2D eigenvalue weighted by atomic mass is 19.4. The fourth-order valence-corrected chi connectivity index (χ4v) is 2.08. The van der Waals surface area contributed by atoms with Gasteiger partial charge in [-0.3, -0.25) is 0 Å². The van der Waals surface area contributed by atoms with Gasteiger partial charge in [0, 0.05) is 11.6 Å². The van der Waals surface area contributed by atoms with Crippen molar-refractivity contribution in [1.29, 1.82) is 0 Å². The fourth-order valence-electron chi connectivity index (χ4n) is 2.08. The molecule has 0 aliphatic rings. The second kappa shape index (κ2) is 8.15. The zero-order valence-corrected chi connectivity index (χ0v) is 12.0. The molecule has 0 heterocycles. The first-order valence-corrected chi connectivity index (χ1v) is 7.06. The summed E-state index contributed by atoms with van der Waals surface area (Å²) in [6.45, 7) is 4.87. The average molecular weight is 289 g/mol. The van der Waals surface area contributed by atoms with Gasteiger partial charge in [0.2, 0.25) is 0 Å². The first-order valence-electron chi connectivity index (χ1n) is 7.06. The van der Waals surface area contributed by atoms with Crippen LogP contribution in [-0.2, 0) is 0 Å². The number of para-hydroxylation sites is 1. The summed E-state index contributed by atoms with van der Waals surface area (Å²) in [5, 5.41) is 3.30. The van der Waals surface area contributed by atoms with Crippen molar-refractivity contribution in [2.75, 3.05) is 6.54 Å². The van der Waals surface area contributed by atoms with E-state index >= 15 is 0 Å². The summed E-state index contributed by atoms with van der Waals surface area (Å²) >= 11 is 0. The molecule has 0 radical (unpaired) electrons. The lowest BCUT2D eigenvalue weighted by molar-refractivity contribution is -0.275. The molecule has 0 bridgehead atoms. The molecule has 1 unspecified atom stereocenters. The van der Waals surface area contributed by atoms with Gasteiger partial charge >= 0.3 is 6.36 Å². The van der Waals surface area contributed by atoms with E-state index in [1.807, 2.05) is 6.92 Å². The van der Waals surface area contributed by atoms with Crippen molar-refractivity contribution in [1.82, 2.24) is 5.32 Å². The van der Waals surface area contributed by atoms with Gasteiger partial charge in [0.1, 0.15) is 5.75 Å². The van der Waals surface area contributed by atoms with Gasteiger partial charge in [0.25, 0.3) is 0 Å². The Kier molecular flexibility index (Phi) is 6.85. The largest absolute Gasteiger partial charge is 0.573 e. The molecule has 1 aromatic carbocycles. The summed E-state index contributed by atoms with van der Waals surface area (Å²) in [7, 11) is 0. The van der Waals surface area contributed by atoms with Crippen LogP contribution in [-0.4, -0.2) is 12.9 Å². The molecule has 0 spiro atoms. The van der Waals surface area contributed by atoms with E-state index in [2.05, 4.69) is 17.0 Å². The number of halogens is 3. The van der Waals surface area contributed by atoms with Crippen molar-refractivity contribution in [3.05, 3.63) is 29.8 Å². The Bertz CT molecular complexity index is 385. The molecule has 1 N–H and O–H groups in total. The standard InChI is InChI=1S/C15H22F3NO/c1-3-5-9-13(19-11-4-2)12-8-6-7-10-14(12)20-15(16,17)18/h6-8,10,13,19H,3-5,9,11H2,1-2H3. The first-order chi connectivity index (χ1) is 9.48. The first kappa shape index (κ1) is 16.8. The molecule has 114 valence electrons. The molecule has 2 nitrogen and oxygen atoms in total. The average Bonchev–Trinajstić information content (AvgIpc) is 2.38. The Morgan fingerprint density at radius 3 is 2.45 bits per heavy atom. The third-order valence-electron chi connectivity index (χ3n) is 3.01. The number of rotatable bonds is 8. The highest BCUT2D eigenvalue weighted by molar-refractivity contribution is 5.36. The number of unbranched alkanes of at least 4 members (excludes halogenated alkanes) is 1. The highest BCUT2D eigenvalue weighted by Gasteiger charge is 2.32. The van der Waals surface area contributed by atoms with Gasteiger partial charge in [-0.15, -0.1) is 13.2 Å². The lowest BCUT2D eigenvalue weighted by Crippen LogP contribution is -2.24. The minimum absolute atomic E-state index is 0.103. The lowest BCUT2D eigenvalue weighted by Gasteiger charge is -2.22. The van der Waals surface area contributed by atoms with Crippen LogP contribution < -0.4 is 10.1 Å². The fraction of sp³-hybridized carbons (Fsp3) is 0.600. The predicted octanol–water partition coefficient (Wildman–Crippen LogP) is 4.82. The highest BCUT2D eigenvalue weighted by Crippen LogP contribution is 2.32. The van der Waals surface area contributed by atoms with Crippen LogP contribution in [0.2, 0.25) is 0 Å². The quantitative estimate of drug-likeness (QED) is 0.741. The van der Waals surface area contributed by atoms with Crippen molar-refractivity contribution in [2.24, 2.45) is 0 Å². The molecule has 1 rings (SSSR count). The Balaban J connectivity index is 2.92. The maximum absolute atomic E-state index is 12.4. The molecule has 0 aliphatic carbocycles. The van der Waals surface area contributed by atoms with E-state index in [9.17, 15) is 13.2 Å². The lowest BCUT2D eigenvalue weighted by atomic mass is 10.00. The number of nitrogens with one attached hydrogen (secondary N) is 1. The van der Waals surface area contributed by atoms with E-state index in [1.54, 1.807) is 18.2 Å². The Morgan fingerprint density at radius 2 is 1.85 bits per heavy atom. The number of hydrogen-bond acceptors (Lipinski definition) is 2. The van der Waals surface area contributed by atoms with E-state index in [0.29, 0.717) is 5.56 Å². The van der Waals surface area contributed by atoms with Gasteiger partial charge in [0.05, 0.1) is 0 Å². The third kappa shape index (κ3) is 5.82. The molecule has 0 saturated carbocycles. The molecule has 1 atom stereocenters. The molecule has 20 heavy (non-hydrogen) atoms. The minimum atomic E-state index is -4.66. The molecule has 1 aromatic rings. The molecule has 0 aliphatic heterocycles. The number of ether oxygens (including phenoxy) is 1. The van der Waals surface area contributed by atoms with Crippen molar-refractivity contribution >= 4 is 0 Å². The summed E-state index contributed by atoms with van der Waals surface area (Å²) in [4.78, 5) is 0. The third-order valence-corrected chi connectivity index (χ3v) is 3.01. The van der Waals surface area contributed by atoms with Crippen LogP contribution in [0.25, 0.3) is 0 Å². The van der Waals surface area contributed by atoms with Crippen LogP contribution in [0.1, 0.15) is 51.1 Å². The van der Waals surface area contributed by atoms with Crippen molar-refractivity contribution < 1.29 is 17.9 Å². The molecular formula is C15H22F3NO. The van der Waals surface area contributed by atoms with E-state index in [4.69, 9.17) is 0 Å². The predicted molar refractivity (Wildman–Crippen MR) is 73.7 cm³/mol. The van der Waals surface area contributed by atoms with Crippen LogP contribution in [0.4, 0.5) is 13.2 Å². The summed E-state index contributed by atoms with van der Waals surface area (Å²) in [6.07, 6.45) is -0.954. The van der Waals surface area contributed by atoms with Crippen molar-refractivity contribution in [3.63, 3.8) is 0 Å². The number of benzene rings is 1. The van der Waals surface area contributed by atoms with Gasteiger partial charge in [0.15, 0.2) is 0 Å². The maximum Gasteiger partial charge on any atom is 0.573 e. The summed E-state index contributed by atoms with van der Waals surface area (Å²) in [6, 6.07) is 6.26. The number of hydrogen-bond donors (Lipinski definition) is 1. The molecule has 0 saturated heterocycles. The van der Waals surface area contributed by atoms with E-state index in [-0.39, 0.29) is 11.8 Å². The monoisotopic (exact) mass is 289 g/mol. The zero-order chi connectivity index (χ0) is 15.0. The van der Waals surface area contributed by atoms with Crippen LogP contribution >= 0.6 is 0 Å². The Labute approximate surface area is 118 Å². The molecule has 0 fully saturated rings. The topological polar surface area (TPSA) is 21.3 Å². The Hall–Kier alpha value is -1.23. The molecule has 0 aromatic heterocycles. The van der Waals surface area contributed by atoms with E-state index < -0.39 is 6.36 Å². The zero-order valence-electron chi connectivity index (χ0n) is 12.0. The second-order valence-corrected chi connectivity index (χ2v) is 4.73. The SMILES string of the molecule is CCCCC(NCCC)c1ccccc1OC(F)(F)F. The van der Waals surface area contributed by atoms with Gasteiger partial charge in [-0.1, -0.05) is 44.9 Å². The van der Waals surface area contributed by atoms with Crippen molar-refractivity contribution in [3.8, 4) is 5.75 Å². The number of alkyl halides is 3. The minimum Gasteiger partial charge on any atom is -0.405 e. The van der Waals surface area contributed by atoms with Crippen molar-refractivity contribution in [2.45, 2.75) is 51.9 Å². The van der Waals surface area contributed by atoms with Gasteiger partial charge in [-0.05, 0) is 25.5 Å². The molecule has 5 heteroatoms. The summed E-state index contributed by atoms with van der Waals surface area (Å²) in [5.41, 5.74) is 0.576. The summed E-state index contributed by atoms with van der Waals surface area (Å²) in [5.74, 6) is -0.107. The second-order valence-electron chi connectivity index (χ2n) is 4.73. The normalized spacial score (nSPS) is 13.2. The maximum atomic E-state index is 12.4. The van der Waals surface area contributed by atoms with Crippen LogP contribution in [0, 0.1) is 0 Å². The van der Waals surface area contributed by atoms with Crippen LogP contribution in [0.15, 0.2) is 24.3 Å². The smallest absolute Gasteiger partial charge is 0.405 e. The van der Waals surface area contributed by atoms with Gasteiger partial charge in [-0.2, -0.15) is 0 Å². The van der Waals surface area contributed by atoms with Gasteiger partial charge < -0.3 is 10.1 Å². The van der Waals surface area contributed by atoms with Crippen LogP contribution in [0.3, 0.4) is 0 Å². The van der Waals surface area contributed by atoms with Gasteiger partial charge in [-0.25, -0.2) is 0 Å². The van der Waals surface area contributed by atoms with Crippen LogP contribution in [0.5, 0.6) is 5.75 Å². The summed E-state index contributed by atoms with van der Waals surface area (Å²) < 4.78 is 41.5. The molecule has 0 amide bonds. The van der Waals surface area contributed by atoms with E-state index in [1.165, 1.54) is 6.07 Å².